The number of piperidine rings is 1. The van der Waals surface area contributed by atoms with Gasteiger partial charge in [-0.1, -0.05) is 0 Å². The molecule has 2 atom stereocenters. The predicted molar refractivity (Wildman–Crippen MR) is 133 cm³/mol. The van der Waals surface area contributed by atoms with E-state index >= 15 is 0 Å². The zero-order chi connectivity index (χ0) is 24.9. The highest BCUT2D eigenvalue weighted by atomic mass is 16.5. The van der Waals surface area contributed by atoms with Crippen molar-refractivity contribution in [1.82, 2.24) is 14.5 Å². The summed E-state index contributed by atoms with van der Waals surface area (Å²) in [7, 11) is 1.71. The molecule has 1 fully saturated rings. The van der Waals surface area contributed by atoms with Gasteiger partial charge in [-0.25, -0.2) is 4.98 Å². The Kier molecular flexibility index (Phi) is 7.63. The van der Waals surface area contributed by atoms with E-state index in [1.807, 2.05) is 32.9 Å². The Morgan fingerprint density at radius 3 is 2.71 bits per heavy atom. The number of aromatic nitrogens is 3. The van der Waals surface area contributed by atoms with E-state index < -0.39 is 0 Å². The van der Waals surface area contributed by atoms with Gasteiger partial charge in [-0.05, 0) is 51.5 Å². The van der Waals surface area contributed by atoms with E-state index in [4.69, 9.17) is 14.2 Å². The smallest absolute Gasteiger partial charge is 0.252 e. The minimum Gasteiger partial charge on any atom is -0.489 e. The van der Waals surface area contributed by atoms with E-state index in [0.717, 1.165) is 11.4 Å². The van der Waals surface area contributed by atoms with Crippen molar-refractivity contribution in [2.45, 2.75) is 52.1 Å². The predicted octanol–water partition coefficient (Wildman–Crippen LogP) is 3.19. The van der Waals surface area contributed by atoms with E-state index in [0.29, 0.717) is 55.1 Å². The Bertz CT molecular complexity index is 1270. The first-order chi connectivity index (χ1) is 16.9. The van der Waals surface area contributed by atoms with Crippen molar-refractivity contribution in [3.8, 4) is 11.8 Å². The molecular weight excluding hydrogens is 446 g/mol. The third kappa shape index (κ3) is 5.61. The average molecular weight is 478 g/mol. The summed E-state index contributed by atoms with van der Waals surface area (Å²) in [6, 6.07) is 10.9. The summed E-state index contributed by atoms with van der Waals surface area (Å²) < 4.78 is 19.5. The first-order valence-corrected chi connectivity index (χ1v) is 11.9. The molecule has 1 saturated heterocycles. The summed E-state index contributed by atoms with van der Waals surface area (Å²) in [4.78, 5) is 23.7. The maximum absolute atomic E-state index is 12.6. The molecule has 0 spiro atoms. The lowest BCUT2D eigenvalue weighted by atomic mass is 10.0. The summed E-state index contributed by atoms with van der Waals surface area (Å²) in [6.07, 6.45) is 2.23. The second-order valence-corrected chi connectivity index (χ2v) is 8.83. The van der Waals surface area contributed by atoms with Gasteiger partial charge in [0, 0.05) is 32.8 Å². The van der Waals surface area contributed by atoms with Crippen molar-refractivity contribution in [2.75, 3.05) is 24.6 Å². The van der Waals surface area contributed by atoms with Gasteiger partial charge < -0.3 is 23.7 Å². The standard InChI is InChI=1S/C26H31N5O4/c1-5-33-24-15-31(22-12-25(32)30(4)21-9-7-18(13-27)29-26(21)22)11-10-23(24)34-16-19-6-8-20(14-28-19)35-17(2)3/h6-9,12,14,17,23-24H,5,10-11,15-16H2,1-4H3/t23-,24+/m1/s1. The number of anilines is 1. The van der Waals surface area contributed by atoms with E-state index in [2.05, 4.69) is 20.9 Å². The minimum absolute atomic E-state index is 0.0969. The van der Waals surface area contributed by atoms with Crippen LogP contribution in [0.1, 0.15) is 38.6 Å². The van der Waals surface area contributed by atoms with Gasteiger partial charge in [0.15, 0.2) is 0 Å². The molecule has 4 heterocycles. The fourth-order valence-electron chi connectivity index (χ4n) is 4.32. The molecule has 0 amide bonds. The second kappa shape index (κ2) is 10.8. The van der Waals surface area contributed by atoms with Crippen LogP contribution in [0.4, 0.5) is 5.69 Å². The second-order valence-electron chi connectivity index (χ2n) is 8.83. The Hall–Kier alpha value is -3.48. The number of aryl methyl sites for hydroxylation is 1. The highest BCUT2D eigenvalue weighted by molar-refractivity contribution is 5.88. The van der Waals surface area contributed by atoms with Gasteiger partial charge >= 0.3 is 0 Å². The molecule has 0 aromatic carbocycles. The van der Waals surface area contributed by atoms with Crippen molar-refractivity contribution in [2.24, 2.45) is 7.05 Å². The van der Waals surface area contributed by atoms with Gasteiger partial charge in [0.25, 0.3) is 5.56 Å². The fraction of sp³-hybridized carbons (Fsp3) is 0.462. The zero-order valence-corrected chi connectivity index (χ0v) is 20.6. The first kappa shape index (κ1) is 24.6. The molecule has 184 valence electrons. The highest BCUT2D eigenvalue weighted by Gasteiger charge is 2.32. The molecule has 1 aliphatic heterocycles. The van der Waals surface area contributed by atoms with Crippen LogP contribution >= 0.6 is 0 Å². The van der Waals surface area contributed by atoms with E-state index in [1.165, 1.54) is 0 Å². The normalized spacial score (nSPS) is 18.1. The SMILES string of the molecule is CCO[C@H]1CN(c2cc(=O)n(C)c3ccc(C#N)nc23)CC[C@H]1OCc1ccc(OC(C)C)cn1. The van der Waals surface area contributed by atoms with Crippen LogP contribution in [0.15, 0.2) is 41.3 Å². The van der Waals surface area contributed by atoms with Crippen LogP contribution in [0.5, 0.6) is 5.75 Å². The fourth-order valence-corrected chi connectivity index (χ4v) is 4.32. The Balaban J connectivity index is 1.51. The summed E-state index contributed by atoms with van der Waals surface area (Å²) in [5, 5.41) is 9.33. The summed E-state index contributed by atoms with van der Waals surface area (Å²) in [6.45, 7) is 8.05. The van der Waals surface area contributed by atoms with E-state index in [-0.39, 0.29) is 23.9 Å². The molecule has 4 rings (SSSR count). The maximum atomic E-state index is 12.6. The van der Waals surface area contributed by atoms with Crippen molar-refractivity contribution in [3.63, 3.8) is 0 Å². The molecule has 9 nitrogen and oxygen atoms in total. The van der Waals surface area contributed by atoms with Gasteiger partial charge in [0.1, 0.15) is 29.1 Å². The first-order valence-electron chi connectivity index (χ1n) is 11.9. The summed E-state index contributed by atoms with van der Waals surface area (Å²) in [5.74, 6) is 0.735. The molecule has 0 saturated carbocycles. The van der Waals surface area contributed by atoms with Gasteiger partial charge in [0.05, 0.1) is 41.9 Å². The van der Waals surface area contributed by atoms with Crippen LogP contribution in [0.3, 0.4) is 0 Å². The number of nitrogens with zero attached hydrogens (tertiary/aromatic N) is 5. The lowest BCUT2D eigenvalue weighted by Crippen LogP contribution is -2.49. The van der Waals surface area contributed by atoms with Crippen molar-refractivity contribution in [1.29, 1.82) is 5.26 Å². The van der Waals surface area contributed by atoms with Gasteiger partial charge in [0.2, 0.25) is 0 Å². The molecule has 1 aliphatic rings. The van der Waals surface area contributed by atoms with Crippen LogP contribution < -0.4 is 15.2 Å². The molecule has 0 N–H and O–H groups in total. The van der Waals surface area contributed by atoms with Gasteiger partial charge in [-0.3, -0.25) is 9.78 Å². The Morgan fingerprint density at radius 2 is 2.03 bits per heavy atom. The third-order valence-corrected chi connectivity index (χ3v) is 6.02. The number of rotatable bonds is 8. The largest absolute Gasteiger partial charge is 0.489 e. The van der Waals surface area contributed by atoms with Crippen molar-refractivity contribution >= 4 is 16.7 Å². The lowest BCUT2D eigenvalue weighted by Gasteiger charge is -2.39. The minimum atomic E-state index is -0.185. The number of ether oxygens (including phenoxy) is 3. The third-order valence-electron chi connectivity index (χ3n) is 6.02. The monoisotopic (exact) mass is 477 g/mol. The summed E-state index contributed by atoms with van der Waals surface area (Å²) in [5.41, 5.74) is 3.05. The highest BCUT2D eigenvalue weighted by Crippen LogP contribution is 2.28. The molecule has 3 aromatic rings. The molecular formula is C26H31N5O4. The van der Waals surface area contributed by atoms with Crippen LogP contribution in [0.2, 0.25) is 0 Å². The lowest BCUT2D eigenvalue weighted by molar-refractivity contribution is -0.0842. The van der Waals surface area contributed by atoms with E-state index in [9.17, 15) is 10.1 Å². The number of nitriles is 1. The number of fused-ring (bicyclic) bond motifs is 1. The number of pyridine rings is 3. The Morgan fingerprint density at radius 1 is 1.20 bits per heavy atom. The van der Waals surface area contributed by atoms with Crippen LogP contribution in [0, 0.1) is 11.3 Å². The molecule has 0 radical (unpaired) electrons. The molecule has 0 bridgehead atoms. The maximum Gasteiger partial charge on any atom is 0.252 e. The quantitative estimate of drug-likeness (QED) is 0.487. The zero-order valence-electron chi connectivity index (χ0n) is 20.6. The van der Waals surface area contributed by atoms with Crippen molar-refractivity contribution in [3.05, 3.63) is 58.3 Å². The molecule has 0 unspecified atom stereocenters. The average Bonchev–Trinajstić information content (AvgIpc) is 2.86. The van der Waals surface area contributed by atoms with Crippen LogP contribution in [-0.4, -0.2) is 52.5 Å². The van der Waals surface area contributed by atoms with Crippen LogP contribution in [0.25, 0.3) is 11.0 Å². The molecule has 35 heavy (non-hydrogen) atoms. The van der Waals surface area contributed by atoms with Crippen molar-refractivity contribution < 1.29 is 14.2 Å². The Labute approximate surface area is 204 Å². The molecule has 0 aliphatic carbocycles. The van der Waals surface area contributed by atoms with Gasteiger partial charge in [-0.15, -0.1) is 0 Å². The van der Waals surface area contributed by atoms with Gasteiger partial charge in [-0.2, -0.15) is 5.26 Å². The van der Waals surface area contributed by atoms with E-state index in [1.54, 1.807) is 36.0 Å². The van der Waals surface area contributed by atoms with Crippen LogP contribution in [-0.2, 0) is 23.1 Å². The number of hydrogen-bond acceptors (Lipinski definition) is 8. The molecule has 3 aromatic heterocycles. The molecule has 9 heteroatoms. The number of hydrogen-bond donors (Lipinski definition) is 0. The summed E-state index contributed by atoms with van der Waals surface area (Å²) >= 11 is 0. The topological polar surface area (TPSA) is 103 Å².